The Morgan fingerprint density at radius 2 is 2.40 bits per heavy atom. The van der Waals surface area contributed by atoms with E-state index in [4.69, 9.17) is 5.73 Å². The average Bonchev–Trinajstić information content (AvgIpc) is 2.83. The van der Waals surface area contributed by atoms with Crippen LogP contribution in [0, 0.1) is 0 Å². The summed E-state index contributed by atoms with van der Waals surface area (Å²) in [6, 6.07) is 0. The highest BCUT2D eigenvalue weighted by Gasteiger charge is 2.06. The molecule has 0 radical (unpaired) electrons. The number of rotatable bonds is 4. The van der Waals surface area contributed by atoms with E-state index in [-0.39, 0.29) is 0 Å². The van der Waals surface area contributed by atoms with Gasteiger partial charge in [-0.3, -0.25) is 9.78 Å². The van der Waals surface area contributed by atoms with Gasteiger partial charge in [0.2, 0.25) is 0 Å². The zero-order chi connectivity index (χ0) is 10.7. The Hall–Kier alpha value is -1.69. The first-order chi connectivity index (χ1) is 7.29. The van der Waals surface area contributed by atoms with E-state index in [2.05, 4.69) is 20.3 Å². The van der Waals surface area contributed by atoms with E-state index in [9.17, 15) is 0 Å². The summed E-state index contributed by atoms with van der Waals surface area (Å²) in [5, 5.41) is 11.1. The van der Waals surface area contributed by atoms with E-state index in [0.717, 1.165) is 24.2 Å². The van der Waals surface area contributed by atoms with Crippen molar-refractivity contribution in [3.8, 4) is 11.4 Å². The second kappa shape index (κ2) is 4.22. The highest BCUT2D eigenvalue weighted by atomic mass is 15.3. The van der Waals surface area contributed by atoms with Crippen LogP contribution in [0.25, 0.3) is 11.4 Å². The summed E-state index contributed by atoms with van der Waals surface area (Å²) >= 11 is 0. The molecule has 6 nitrogen and oxygen atoms in total. The van der Waals surface area contributed by atoms with Crippen molar-refractivity contribution in [1.29, 1.82) is 0 Å². The molecule has 3 N–H and O–H groups in total. The first kappa shape index (κ1) is 9.85. The van der Waals surface area contributed by atoms with Crippen LogP contribution in [-0.4, -0.2) is 31.5 Å². The first-order valence-electron chi connectivity index (χ1n) is 4.90. The molecule has 6 heteroatoms. The molecule has 15 heavy (non-hydrogen) atoms. The zero-order valence-corrected chi connectivity index (χ0v) is 8.64. The molecule has 0 bridgehead atoms. The Bertz CT molecular complexity index is 429. The molecule has 2 aromatic heterocycles. The minimum absolute atomic E-state index is 0.670. The quantitative estimate of drug-likeness (QED) is 0.742. The summed E-state index contributed by atoms with van der Waals surface area (Å²) in [4.78, 5) is 4.36. The predicted molar refractivity (Wildman–Crippen MR) is 56.0 cm³/mol. The number of nitrogens with two attached hydrogens (primary N) is 1. The van der Waals surface area contributed by atoms with Crippen molar-refractivity contribution in [2.45, 2.75) is 12.8 Å². The van der Waals surface area contributed by atoms with Crippen molar-refractivity contribution in [3.05, 3.63) is 18.2 Å². The van der Waals surface area contributed by atoms with E-state index in [1.807, 2.05) is 13.2 Å². The summed E-state index contributed by atoms with van der Waals surface area (Å²) in [5.74, 6) is 1.56. The third-order valence-electron chi connectivity index (χ3n) is 2.11. The van der Waals surface area contributed by atoms with Crippen LogP contribution in [0.2, 0.25) is 0 Å². The number of nitrogens with one attached hydrogen (secondary N) is 1. The maximum Gasteiger partial charge on any atom is 0.184 e. The fourth-order valence-electron chi connectivity index (χ4n) is 1.34. The molecule has 0 aromatic carbocycles. The molecule has 2 rings (SSSR count). The molecule has 0 spiro atoms. The summed E-state index contributed by atoms with van der Waals surface area (Å²) < 4.78 is 1.73. The molecule has 2 heterocycles. The molecule has 0 aliphatic carbocycles. The highest BCUT2D eigenvalue weighted by Crippen LogP contribution is 2.12. The number of hydrogen-bond acceptors (Lipinski definition) is 4. The minimum Gasteiger partial charge on any atom is -0.330 e. The van der Waals surface area contributed by atoms with Crippen LogP contribution in [0.15, 0.2) is 12.4 Å². The van der Waals surface area contributed by atoms with Crippen molar-refractivity contribution in [1.82, 2.24) is 25.0 Å². The summed E-state index contributed by atoms with van der Waals surface area (Å²) in [6.45, 7) is 0.670. The Labute approximate surface area is 87.5 Å². The monoisotopic (exact) mass is 206 g/mol. The lowest BCUT2D eigenvalue weighted by atomic mass is 10.3. The first-order valence-corrected chi connectivity index (χ1v) is 4.90. The molecule has 0 saturated carbocycles. The van der Waals surface area contributed by atoms with Crippen LogP contribution >= 0.6 is 0 Å². The van der Waals surface area contributed by atoms with Crippen LogP contribution in [0.5, 0.6) is 0 Å². The van der Waals surface area contributed by atoms with Gasteiger partial charge in [0.25, 0.3) is 0 Å². The standard InChI is InChI=1S/C9H14N6/c1-15-6-7(5-11-15)9-12-8(13-14-9)3-2-4-10/h5-6H,2-4,10H2,1H3,(H,12,13,14). The summed E-state index contributed by atoms with van der Waals surface area (Å²) in [5.41, 5.74) is 6.35. The maximum atomic E-state index is 5.42. The van der Waals surface area contributed by atoms with E-state index in [1.165, 1.54) is 0 Å². The van der Waals surface area contributed by atoms with E-state index in [1.54, 1.807) is 10.9 Å². The molecule has 0 saturated heterocycles. The van der Waals surface area contributed by atoms with Crippen LogP contribution < -0.4 is 5.73 Å². The van der Waals surface area contributed by atoms with Gasteiger partial charge in [-0.2, -0.15) is 10.2 Å². The number of hydrogen-bond donors (Lipinski definition) is 2. The molecule has 0 aliphatic rings. The van der Waals surface area contributed by atoms with Gasteiger partial charge in [0.15, 0.2) is 5.82 Å². The molecule has 0 fully saturated rings. The van der Waals surface area contributed by atoms with Crippen LogP contribution in [0.4, 0.5) is 0 Å². The average molecular weight is 206 g/mol. The lowest BCUT2D eigenvalue weighted by Gasteiger charge is -1.90. The van der Waals surface area contributed by atoms with Gasteiger partial charge in [0, 0.05) is 19.7 Å². The maximum absolute atomic E-state index is 5.42. The van der Waals surface area contributed by atoms with Gasteiger partial charge in [-0.25, -0.2) is 4.98 Å². The predicted octanol–water partition coefficient (Wildman–Crippen LogP) is 0.0965. The fraction of sp³-hybridized carbons (Fsp3) is 0.444. The van der Waals surface area contributed by atoms with Crippen molar-refractivity contribution in [2.24, 2.45) is 12.8 Å². The van der Waals surface area contributed by atoms with Gasteiger partial charge in [0.05, 0.1) is 11.8 Å². The summed E-state index contributed by atoms with van der Waals surface area (Å²) in [7, 11) is 1.87. The van der Waals surface area contributed by atoms with Crippen LogP contribution in [0.1, 0.15) is 12.2 Å². The Balaban J connectivity index is 2.13. The lowest BCUT2D eigenvalue weighted by Crippen LogP contribution is -2.01. The highest BCUT2D eigenvalue weighted by molar-refractivity contribution is 5.51. The third kappa shape index (κ3) is 2.21. The molecular weight excluding hydrogens is 192 g/mol. The van der Waals surface area contributed by atoms with E-state index in [0.29, 0.717) is 12.4 Å². The second-order valence-corrected chi connectivity index (χ2v) is 3.40. The largest absolute Gasteiger partial charge is 0.330 e. The molecule has 0 unspecified atom stereocenters. The summed E-state index contributed by atoms with van der Waals surface area (Å²) in [6.07, 6.45) is 5.39. The molecule has 0 aliphatic heterocycles. The molecule has 0 amide bonds. The van der Waals surface area contributed by atoms with Gasteiger partial charge >= 0.3 is 0 Å². The van der Waals surface area contributed by atoms with Gasteiger partial charge < -0.3 is 5.73 Å². The van der Waals surface area contributed by atoms with E-state index >= 15 is 0 Å². The number of aromatic amines is 1. The molecule has 2 aromatic rings. The number of aromatic nitrogens is 5. The van der Waals surface area contributed by atoms with Gasteiger partial charge in [-0.1, -0.05) is 0 Å². The van der Waals surface area contributed by atoms with Crippen LogP contribution in [-0.2, 0) is 13.5 Å². The zero-order valence-electron chi connectivity index (χ0n) is 8.64. The second-order valence-electron chi connectivity index (χ2n) is 3.40. The van der Waals surface area contributed by atoms with Gasteiger partial charge in [-0.05, 0) is 13.0 Å². The Kier molecular flexibility index (Phi) is 2.77. The fourth-order valence-corrected chi connectivity index (χ4v) is 1.34. The topological polar surface area (TPSA) is 85.4 Å². The third-order valence-corrected chi connectivity index (χ3v) is 2.11. The smallest absolute Gasteiger partial charge is 0.184 e. The normalized spacial score (nSPS) is 10.8. The van der Waals surface area contributed by atoms with Crippen molar-refractivity contribution >= 4 is 0 Å². The van der Waals surface area contributed by atoms with E-state index < -0.39 is 0 Å². The number of nitrogens with zero attached hydrogens (tertiary/aromatic N) is 4. The van der Waals surface area contributed by atoms with Crippen molar-refractivity contribution < 1.29 is 0 Å². The van der Waals surface area contributed by atoms with Gasteiger partial charge in [-0.15, -0.1) is 0 Å². The van der Waals surface area contributed by atoms with Crippen LogP contribution in [0.3, 0.4) is 0 Å². The minimum atomic E-state index is 0.670. The molecule has 0 atom stereocenters. The van der Waals surface area contributed by atoms with Crippen molar-refractivity contribution in [2.75, 3.05) is 6.54 Å². The molecule has 80 valence electrons. The van der Waals surface area contributed by atoms with Crippen molar-refractivity contribution in [3.63, 3.8) is 0 Å². The SMILES string of the molecule is Cn1cc(-c2n[nH]c(CCCN)n2)cn1. The number of H-pyrrole nitrogens is 1. The number of aryl methyl sites for hydroxylation is 2. The van der Waals surface area contributed by atoms with Gasteiger partial charge in [0.1, 0.15) is 5.82 Å². The lowest BCUT2D eigenvalue weighted by molar-refractivity contribution is 0.768. The molecular formula is C9H14N6. The Morgan fingerprint density at radius 3 is 3.07 bits per heavy atom. The Morgan fingerprint density at radius 1 is 1.53 bits per heavy atom.